The van der Waals surface area contributed by atoms with Crippen LogP contribution < -0.4 is 10.1 Å². The minimum atomic E-state index is -0.535. The number of imidazole rings is 1. The first-order chi connectivity index (χ1) is 13.0. The van der Waals surface area contributed by atoms with E-state index in [1.165, 1.54) is 6.92 Å². The molecule has 0 spiro atoms. The lowest BCUT2D eigenvalue weighted by molar-refractivity contribution is -0.114. The van der Waals surface area contributed by atoms with Crippen LogP contribution in [0.3, 0.4) is 0 Å². The number of anilines is 1. The van der Waals surface area contributed by atoms with E-state index in [1.54, 1.807) is 18.6 Å². The summed E-state index contributed by atoms with van der Waals surface area (Å²) >= 11 is 1.16. The van der Waals surface area contributed by atoms with E-state index in [0.717, 1.165) is 23.4 Å². The first-order valence-corrected chi connectivity index (χ1v) is 9.42. The molecule has 0 bridgehead atoms. The molecule has 1 N–H and O–H groups in total. The number of ether oxygens (including phenoxy) is 1. The number of amides is 1. The van der Waals surface area contributed by atoms with Crippen LogP contribution in [0, 0.1) is 5.95 Å². The molecule has 2 atom stereocenters. The quantitative estimate of drug-likeness (QED) is 0.720. The molecule has 8 nitrogen and oxygen atoms in total. The topological polar surface area (TPSA) is 84.7 Å². The van der Waals surface area contributed by atoms with Gasteiger partial charge in [0.25, 0.3) is 0 Å². The van der Waals surface area contributed by atoms with Gasteiger partial charge in [-0.2, -0.15) is 9.37 Å². The van der Waals surface area contributed by atoms with Crippen molar-refractivity contribution in [1.29, 1.82) is 0 Å². The summed E-state index contributed by atoms with van der Waals surface area (Å²) in [6.07, 6.45) is 7.68. The summed E-state index contributed by atoms with van der Waals surface area (Å²) in [5, 5.41) is 2.81. The smallest absolute Gasteiger partial charge is 0.230 e. The van der Waals surface area contributed by atoms with Crippen LogP contribution in [0.4, 0.5) is 9.52 Å². The first-order valence-electron chi connectivity index (χ1n) is 8.60. The van der Waals surface area contributed by atoms with Crippen molar-refractivity contribution in [3.05, 3.63) is 35.6 Å². The molecule has 4 rings (SSSR count). The molecule has 142 valence electrons. The summed E-state index contributed by atoms with van der Waals surface area (Å²) in [4.78, 5) is 25.9. The zero-order valence-electron chi connectivity index (χ0n) is 14.9. The Morgan fingerprint density at radius 1 is 1.48 bits per heavy atom. The van der Waals surface area contributed by atoms with Crippen LogP contribution >= 0.6 is 11.3 Å². The van der Waals surface area contributed by atoms with Gasteiger partial charge in [-0.3, -0.25) is 19.1 Å². The lowest BCUT2D eigenvalue weighted by Crippen LogP contribution is -2.28. The van der Waals surface area contributed by atoms with Crippen molar-refractivity contribution in [2.24, 2.45) is 0 Å². The van der Waals surface area contributed by atoms with Crippen LogP contribution in [-0.2, 0) is 11.3 Å². The van der Waals surface area contributed by atoms with E-state index >= 15 is 0 Å². The van der Waals surface area contributed by atoms with Gasteiger partial charge in [0, 0.05) is 44.9 Å². The van der Waals surface area contributed by atoms with Gasteiger partial charge in [0.05, 0.1) is 17.3 Å². The van der Waals surface area contributed by atoms with E-state index in [4.69, 9.17) is 4.74 Å². The standard InChI is InChI=1S/C17H19FN6O2S/c1-10-5-12(26-15-7-19-6-14-20-3-4-24(14)15)8-23(10)9-13-16(18)22-17(27-13)21-11(2)25/h3-4,6-7,10,12H,5,8-9H2,1-2H3,(H,21,22,25). The first kappa shape index (κ1) is 17.8. The van der Waals surface area contributed by atoms with Crippen LogP contribution in [0.25, 0.3) is 5.65 Å². The monoisotopic (exact) mass is 390 g/mol. The van der Waals surface area contributed by atoms with E-state index in [-0.39, 0.29) is 23.2 Å². The van der Waals surface area contributed by atoms with E-state index in [9.17, 15) is 9.18 Å². The van der Waals surface area contributed by atoms with E-state index in [1.807, 2.05) is 10.6 Å². The van der Waals surface area contributed by atoms with Gasteiger partial charge in [-0.15, -0.1) is 0 Å². The number of nitrogens with zero attached hydrogens (tertiary/aromatic N) is 5. The second-order valence-electron chi connectivity index (χ2n) is 6.57. The Kier molecular flexibility index (Phi) is 4.75. The Morgan fingerprint density at radius 2 is 2.33 bits per heavy atom. The molecule has 3 aromatic heterocycles. The highest BCUT2D eigenvalue weighted by Crippen LogP contribution is 2.28. The van der Waals surface area contributed by atoms with Gasteiger partial charge in [0.1, 0.15) is 6.10 Å². The third-order valence-corrected chi connectivity index (χ3v) is 5.44. The number of fused-ring (bicyclic) bond motifs is 1. The molecule has 0 saturated carbocycles. The van der Waals surface area contributed by atoms with E-state index < -0.39 is 5.95 Å². The highest BCUT2D eigenvalue weighted by Gasteiger charge is 2.32. The summed E-state index contributed by atoms with van der Waals surface area (Å²) in [7, 11) is 0. The maximum atomic E-state index is 14.1. The molecule has 1 aliphatic rings. The molecule has 1 saturated heterocycles. The molecule has 0 aromatic carbocycles. The number of aromatic nitrogens is 4. The van der Waals surface area contributed by atoms with Crippen molar-refractivity contribution in [1.82, 2.24) is 24.3 Å². The van der Waals surface area contributed by atoms with Crippen LogP contribution in [-0.4, -0.2) is 48.9 Å². The van der Waals surface area contributed by atoms with Crippen molar-refractivity contribution in [2.75, 3.05) is 11.9 Å². The third kappa shape index (κ3) is 3.76. The number of hydrogen-bond acceptors (Lipinski definition) is 7. The largest absolute Gasteiger partial charge is 0.473 e. The molecular weight excluding hydrogens is 371 g/mol. The Bertz CT molecular complexity index is 973. The molecule has 0 aliphatic carbocycles. The van der Waals surface area contributed by atoms with E-state index in [2.05, 4.69) is 32.1 Å². The zero-order valence-corrected chi connectivity index (χ0v) is 15.7. The van der Waals surface area contributed by atoms with E-state index in [0.29, 0.717) is 23.8 Å². The second-order valence-corrected chi connectivity index (χ2v) is 7.65. The molecule has 0 radical (unpaired) electrons. The van der Waals surface area contributed by atoms with Crippen LogP contribution in [0.15, 0.2) is 24.8 Å². The lowest BCUT2D eigenvalue weighted by atomic mass is 10.2. The number of carbonyl (C=O) groups is 1. The van der Waals surface area contributed by atoms with Gasteiger partial charge >= 0.3 is 0 Å². The average Bonchev–Trinajstić information content (AvgIpc) is 3.29. The van der Waals surface area contributed by atoms with Gasteiger partial charge in [-0.25, -0.2) is 4.98 Å². The molecule has 3 aromatic rings. The molecule has 1 aliphatic heterocycles. The van der Waals surface area contributed by atoms with Crippen molar-refractivity contribution in [3.63, 3.8) is 0 Å². The maximum absolute atomic E-state index is 14.1. The summed E-state index contributed by atoms with van der Waals surface area (Å²) in [5.74, 6) is -0.158. The van der Waals surface area contributed by atoms with Gasteiger partial charge < -0.3 is 10.1 Å². The average molecular weight is 390 g/mol. The van der Waals surface area contributed by atoms with Gasteiger partial charge in [-0.1, -0.05) is 11.3 Å². The summed E-state index contributed by atoms with van der Waals surface area (Å²) < 4.78 is 22.1. The van der Waals surface area contributed by atoms with Crippen LogP contribution in [0.2, 0.25) is 0 Å². The van der Waals surface area contributed by atoms with Gasteiger partial charge in [0.2, 0.25) is 17.7 Å². The van der Waals surface area contributed by atoms with Gasteiger partial charge in [-0.05, 0) is 6.92 Å². The SMILES string of the molecule is CC(=O)Nc1nc(F)c(CN2CC(Oc3cncc4nccn34)CC2C)s1. The molecule has 2 unspecified atom stereocenters. The molecular formula is C17H19FN6O2S. The highest BCUT2D eigenvalue weighted by molar-refractivity contribution is 7.15. The second kappa shape index (κ2) is 7.20. The number of halogens is 1. The number of hydrogen-bond donors (Lipinski definition) is 1. The van der Waals surface area contributed by atoms with Crippen molar-refractivity contribution < 1.29 is 13.9 Å². The van der Waals surface area contributed by atoms with Crippen molar-refractivity contribution in [2.45, 2.75) is 39.0 Å². The minimum Gasteiger partial charge on any atom is -0.473 e. The Balaban J connectivity index is 1.43. The molecule has 4 heterocycles. The Hall–Kier alpha value is -2.59. The van der Waals surface area contributed by atoms with Crippen LogP contribution in [0.1, 0.15) is 25.1 Å². The minimum absolute atomic E-state index is 0.0272. The predicted molar refractivity (Wildman–Crippen MR) is 98.3 cm³/mol. The zero-order chi connectivity index (χ0) is 19.0. The fraction of sp³-hybridized carbons (Fsp3) is 0.412. The Labute approximate surface area is 159 Å². The number of nitrogens with one attached hydrogen (secondary N) is 1. The summed E-state index contributed by atoms with van der Waals surface area (Å²) in [6.45, 7) is 4.56. The maximum Gasteiger partial charge on any atom is 0.230 e. The predicted octanol–water partition coefficient (Wildman–Crippen LogP) is 2.33. The number of thiazole rings is 1. The summed E-state index contributed by atoms with van der Waals surface area (Å²) in [5.41, 5.74) is 0.729. The van der Waals surface area contributed by atoms with Crippen LogP contribution in [0.5, 0.6) is 5.88 Å². The lowest BCUT2D eigenvalue weighted by Gasteiger charge is -2.19. The fourth-order valence-electron chi connectivity index (χ4n) is 3.26. The number of rotatable bonds is 5. The van der Waals surface area contributed by atoms with Crippen molar-refractivity contribution in [3.8, 4) is 5.88 Å². The number of carbonyl (C=O) groups excluding carboxylic acids is 1. The third-order valence-electron chi connectivity index (χ3n) is 4.51. The van der Waals surface area contributed by atoms with Gasteiger partial charge in [0.15, 0.2) is 10.8 Å². The Morgan fingerprint density at radius 3 is 3.15 bits per heavy atom. The highest BCUT2D eigenvalue weighted by atomic mass is 32.1. The molecule has 1 fully saturated rings. The van der Waals surface area contributed by atoms with Crippen molar-refractivity contribution >= 4 is 28.0 Å². The molecule has 27 heavy (non-hydrogen) atoms. The molecule has 1 amide bonds. The summed E-state index contributed by atoms with van der Waals surface area (Å²) in [6, 6.07) is 0.232. The number of likely N-dealkylation sites (tertiary alicyclic amines) is 1. The normalized spacial score (nSPS) is 20.3. The fourth-order valence-corrected chi connectivity index (χ4v) is 4.17. The molecule has 10 heteroatoms.